The van der Waals surface area contributed by atoms with E-state index < -0.39 is 0 Å². The molecule has 2 aromatic carbocycles. The predicted molar refractivity (Wildman–Crippen MR) is 105 cm³/mol. The average molecular weight is 375 g/mol. The Labute approximate surface area is 163 Å². The number of hydrogen-bond donors (Lipinski definition) is 0. The maximum Gasteiger partial charge on any atom is 0.158 e. The van der Waals surface area contributed by atoms with Gasteiger partial charge in [0.2, 0.25) is 0 Å². The molecule has 0 saturated carbocycles. The van der Waals surface area contributed by atoms with Crippen LogP contribution in [0.25, 0.3) is 22.2 Å². The fourth-order valence-electron chi connectivity index (χ4n) is 4.08. The fourth-order valence-corrected chi connectivity index (χ4v) is 4.08. The van der Waals surface area contributed by atoms with Crippen molar-refractivity contribution in [3.05, 3.63) is 42.0 Å². The highest BCUT2D eigenvalue weighted by atomic mass is 16.6. The molecule has 0 atom stereocenters. The van der Waals surface area contributed by atoms with E-state index in [0.717, 1.165) is 73.8 Å². The van der Waals surface area contributed by atoms with Crippen LogP contribution in [-0.2, 0) is 4.74 Å². The Morgan fingerprint density at radius 3 is 2.75 bits per heavy atom. The summed E-state index contributed by atoms with van der Waals surface area (Å²) < 4.78 is 10.4. The van der Waals surface area contributed by atoms with Gasteiger partial charge in [0.1, 0.15) is 5.52 Å². The number of aromatic nitrogens is 2. The lowest BCUT2D eigenvalue weighted by molar-refractivity contribution is 0.0286. The largest absolute Gasteiger partial charge is 0.379 e. The number of benzene rings is 2. The van der Waals surface area contributed by atoms with Gasteiger partial charge in [-0.2, -0.15) is 5.26 Å². The lowest BCUT2D eigenvalue weighted by Crippen LogP contribution is -2.53. The highest BCUT2D eigenvalue weighted by Gasteiger charge is 2.31. The predicted octanol–water partition coefficient (Wildman–Crippen LogP) is 2.53. The van der Waals surface area contributed by atoms with Gasteiger partial charge in [0.05, 0.1) is 30.5 Å². The second-order valence-corrected chi connectivity index (χ2v) is 7.50. The van der Waals surface area contributed by atoms with E-state index in [1.54, 1.807) is 0 Å². The van der Waals surface area contributed by atoms with Gasteiger partial charge in [-0.05, 0) is 45.7 Å². The lowest BCUT2D eigenvalue weighted by Gasteiger charge is -2.43. The van der Waals surface area contributed by atoms with Crippen LogP contribution < -0.4 is 4.90 Å². The maximum atomic E-state index is 9.19. The van der Waals surface area contributed by atoms with Crippen molar-refractivity contribution in [1.29, 1.82) is 5.26 Å². The van der Waals surface area contributed by atoms with Crippen molar-refractivity contribution in [2.24, 2.45) is 5.92 Å². The number of morpholine rings is 1. The van der Waals surface area contributed by atoms with Crippen LogP contribution in [0.4, 0.5) is 5.69 Å². The summed E-state index contributed by atoms with van der Waals surface area (Å²) >= 11 is 0. The van der Waals surface area contributed by atoms with Crippen molar-refractivity contribution in [1.82, 2.24) is 15.2 Å². The van der Waals surface area contributed by atoms with E-state index >= 15 is 0 Å². The number of fused-ring (bicyclic) bond motifs is 1. The van der Waals surface area contributed by atoms with Gasteiger partial charge in [-0.15, -0.1) is 0 Å². The first-order valence-electron chi connectivity index (χ1n) is 9.62. The quantitative estimate of drug-likeness (QED) is 0.693. The molecule has 0 bridgehead atoms. The van der Waals surface area contributed by atoms with Crippen LogP contribution in [0.3, 0.4) is 0 Å². The van der Waals surface area contributed by atoms with Crippen LogP contribution in [-0.4, -0.2) is 61.2 Å². The number of ether oxygens (including phenoxy) is 1. The summed E-state index contributed by atoms with van der Waals surface area (Å²) in [5.74, 6) is 0.651. The Kier molecular flexibility index (Phi) is 4.43. The van der Waals surface area contributed by atoms with E-state index in [2.05, 4.69) is 32.2 Å². The smallest absolute Gasteiger partial charge is 0.158 e. The number of rotatable bonds is 4. The minimum absolute atomic E-state index is 0.645. The minimum Gasteiger partial charge on any atom is -0.379 e. The minimum atomic E-state index is 0.645. The SMILES string of the molecule is N#Cc1cccc(-c2cc(N3CC(CN4CCOCC4)C3)c3nonc3c2)c1. The second kappa shape index (κ2) is 7.23. The summed E-state index contributed by atoms with van der Waals surface area (Å²) in [6.45, 7) is 6.85. The van der Waals surface area contributed by atoms with Gasteiger partial charge in [-0.25, -0.2) is 4.63 Å². The van der Waals surface area contributed by atoms with Gasteiger partial charge in [-0.1, -0.05) is 12.1 Å². The van der Waals surface area contributed by atoms with Crippen LogP contribution in [0.2, 0.25) is 0 Å². The van der Waals surface area contributed by atoms with Crippen molar-refractivity contribution >= 4 is 16.7 Å². The summed E-state index contributed by atoms with van der Waals surface area (Å²) in [7, 11) is 0. The molecule has 7 nitrogen and oxygen atoms in total. The number of nitriles is 1. The molecule has 2 fully saturated rings. The van der Waals surface area contributed by atoms with E-state index in [4.69, 9.17) is 9.37 Å². The summed E-state index contributed by atoms with van der Waals surface area (Å²) in [6, 6.07) is 13.9. The third-order valence-corrected chi connectivity index (χ3v) is 5.58. The van der Waals surface area contributed by atoms with Crippen molar-refractivity contribution in [2.45, 2.75) is 0 Å². The molecule has 28 heavy (non-hydrogen) atoms. The summed E-state index contributed by atoms with van der Waals surface area (Å²) in [6.07, 6.45) is 0. The third kappa shape index (κ3) is 3.21. The molecular weight excluding hydrogens is 354 g/mol. The van der Waals surface area contributed by atoms with Gasteiger partial charge < -0.3 is 9.64 Å². The Morgan fingerprint density at radius 1 is 1.07 bits per heavy atom. The van der Waals surface area contributed by atoms with Crippen molar-refractivity contribution in [3.8, 4) is 17.2 Å². The molecule has 2 aliphatic rings. The molecule has 142 valence electrons. The zero-order valence-electron chi connectivity index (χ0n) is 15.5. The molecule has 7 heteroatoms. The monoisotopic (exact) mass is 375 g/mol. The Hall–Kier alpha value is -2.95. The Balaban J connectivity index is 1.39. The van der Waals surface area contributed by atoms with Gasteiger partial charge in [-0.3, -0.25) is 4.90 Å². The highest BCUT2D eigenvalue weighted by molar-refractivity contribution is 5.93. The average Bonchev–Trinajstić information content (AvgIpc) is 3.19. The third-order valence-electron chi connectivity index (χ3n) is 5.58. The van der Waals surface area contributed by atoms with Crippen molar-refractivity contribution in [3.63, 3.8) is 0 Å². The molecule has 5 rings (SSSR count). The summed E-state index contributed by atoms with van der Waals surface area (Å²) in [5.41, 5.74) is 5.25. The molecule has 0 spiro atoms. The molecule has 0 unspecified atom stereocenters. The standard InChI is InChI=1S/C21H21N5O2/c22-11-15-2-1-3-17(8-15)18-9-19-21(24-28-23-19)20(10-18)26-13-16(14-26)12-25-4-6-27-7-5-25/h1-3,8-10,16H,4-7,12-14H2. The van der Waals surface area contributed by atoms with E-state index in [9.17, 15) is 5.26 Å². The maximum absolute atomic E-state index is 9.19. The summed E-state index contributed by atoms with van der Waals surface area (Å²) in [4.78, 5) is 4.83. The molecule has 3 aromatic rings. The first kappa shape index (κ1) is 17.2. The normalized spacial score (nSPS) is 18.2. The summed E-state index contributed by atoms with van der Waals surface area (Å²) in [5, 5.41) is 17.4. The Bertz CT molecular complexity index is 1030. The van der Waals surface area contributed by atoms with Gasteiger partial charge in [0, 0.05) is 38.6 Å². The molecule has 0 N–H and O–H groups in total. The van der Waals surface area contributed by atoms with Gasteiger partial charge in [0.25, 0.3) is 0 Å². The van der Waals surface area contributed by atoms with Crippen LogP contribution in [0.5, 0.6) is 0 Å². The number of hydrogen-bond acceptors (Lipinski definition) is 7. The van der Waals surface area contributed by atoms with Crippen LogP contribution in [0.15, 0.2) is 41.0 Å². The first-order chi connectivity index (χ1) is 13.8. The van der Waals surface area contributed by atoms with Crippen molar-refractivity contribution in [2.75, 3.05) is 50.8 Å². The van der Waals surface area contributed by atoms with Gasteiger partial charge >= 0.3 is 0 Å². The fraction of sp³-hybridized carbons (Fsp3) is 0.381. The Morgan fingerprint density at radius 2 is 1.93 bits per heavy atom. The van der Waals surface area contributed by atoms with E-state index in [-0.39, 0.29) is 0 Å². The van der Waals surface area contributed by atoms with Crippen molar-refractivity contribution < 1.29 is 9.37 Å². The zero-order chi connectivity index (χ0) is 18.9. The molecule has 3 heterocycles. The first-order valence-corrected chi connectivity index (χ1v) is 9.62. The molecule has 2 aliphatic heterocycles. The second-order valence-electron chi connectivity index (χ2n) is 7.50. The highest BCUT2D eigenvalue weighted by Crippen LogP contribution is 2.35. The lowest BCUT2D eigenvalue weighted by atomic mass is 9.96. The molecule has 1 aromatic heterocycles. The zero-order valence-corrected chi connectivity index (χ0v) is 15.5. The molecule has 0 aliphatic carbocycles. The number of anilines is 1. The van der Waals surface area contributed by atoms with Crippen LogP contribution >= 0.6 is 0 Å². The van der Waals surface area contributed by atoms with Gasteiger partial charge in [0.15, 0.2) is 5.52 Å². The molecule has 0 amide bonds. The molecular formula is C21H21N5O2. The number of nitrogens with zero attached hydrogens (tertiary/aromatic N) is 5. The van der Waals surface area contributed by atoms with Crippen LogP contribution in [0, 0.1) is 17.2 Å². The topological polar surface area (TPSA) is 78.4 Å². The van der Waals surface area contributed by atoms with E-state index in [0.29, 0.717) is 11.5 Å². The van der Waals surface area contributed by atoms with E-state index in [1.165, 1.54) is 0 Å². The van der Waals surface area contributed by atoms with Crippen LogP contribution in [0.1, 0.15) is 5.56 Å². The molecule has 2 saturated heterocycles. The van der Waals surface area contributed by atoms with E-state index in [1.807, 2.05) is 30.3 Å². The molecule has 0 radical (unpaired) electrons.